The molecule has 2 aliphatic heterocycles. The Hall–Kier alpha value is -4.99. The third-order valence-electron chi connectivity index (χ3n) is 9.49. The van der Waals surface area contributed by atoms with Gasteiger partial charge in [-0.1, -0.05) is 73.2 Å². The molecule has 4 aromatic carbocycles. The van der Waals surface area contributed by atoms with Gasteiger partial charge >= 0.3 is 0 Å². The SMILES string of the molecule is O=C(NCCCC(c1nc2ccc(C3(O)c4ccccc4C(=O)N3Cc3ccccc3)cc2[nH]1)N1CCCCC1)c1ccccc1O. The summed E-state index contributed by atoms with van der Waals surface area (Å²) in [6, 6.07) is 29.3. The van der Waals surface area contributed by atoms with Crippen molar-refractivity contribution in [2.45, 2.75) is 50.4 Å². The number of likely N-dealkylation sites (tertiary alicyclic amines) is 1. The van der Waals surface area contributed by atoms with Crippen LogP contribution >= 0.6 is 0 Å². The number of phenols is 1. The van der Waals surface area contributed by atoms with Crippen LogP contribution in [0.2, 0.25) is 0 Å². The summed E-state index contributed by atoms with van der Waals surface area (Å²) in [4.78, 5) is 38.9. The molecule has 7 rings (SSSR count). The average Bonchev–Trinajstić information content (AvgIpc) is 3.62. The number of carbonyl (C=O) groups is 2. The largest absolute Gasteiger partial charge is 0.507 e. The number of H-pyrrole nitrogens is 1. The van der Waals surface area contributed by atoms with Gasteiger partial charge in [0.2, 0.25) is 0 Å². The van der Waals surface area contributed by atoms with Gasteiger partial charge < -0.3 is 20.5 Å². The lowest BCUT2D eigenvalue weighted by Gasteiger charge is -2.35. The molecule has 47 heavy (non-hydrogen) atoms. The van der Waals surface area contributed by atoms with E-state index in [1.165, 1.54) is 12.5 Å². The maximum Gasteiger partial charge on any atom is 0.257 e. The van der Waals surface area contributed by atoms with Crippen molar-refractivity contribution in [3.8, 4) is 5.75 Å². The lowest BCUT2D eigenvalue weighted by atomic mass is 9.93. The van der Waals surface area contributed by atoms with Crippen LogP contribution in [0.5, 0.6) is 5.75 Å². The second-order valence-electron chi connectivity index (χ2n) is 12.5. The quantitative estimate of drug-likeness (QED) is 0.144. The summed E-state index contributed by atoms with van der Waals surface area (Å²) in [5.41, 5.74) is 2.78. The van der Waals surface area contributed by atoms with Crippen molar-refractivity contribution in [1.82, 2.24) is 25.1 Å². The van der Waals surface area contributed by atoms with Crippen LogP contribution in [0.4, 0.5) is 0 Å². The van der Waals surface area contributed by atoms with Crippen molar-refractivity contribution < 1.29 is 19.8 Å². The molecule has 0 bridgehead atoms. The Balaban J connectivity index is 1.16. The number of aromatic hydroxyl groups is 1. The Kier molecular flexibility index (Phi) is 8.49. The van der Waals surface area contributed by atoms with Crippen LogP contribution in [-0.4, -0.2) is 61.4 Å². The number of aromatic amines is 1. The van der Waals surface area contributed by atoms with Gasteiger partial charge in [0.15, 0.2) is 5.72 Å². The molecule has 1 aromatic heterocycles. The zero-order valence-corrected chi connectivity index (χ0v) is 26.2. The molecule has 0 spiro atoms. The van der Waals surface area contributed by atoms with Gasteiger partial charge in [-0.25, -0.2) is 4.98 Å². The Morgan fingerprint density at radius 1 is 0.936 bits per heavy atom. The molecule has 5 aromatic rings. The van der Waals surface area contributed by atoms with Crippen molar-refractivity contribution in [3.63, 3.8) is 0 Å². The minimum atomic E-state index is -1.65. The standard InChI is InChI=1S/C38H39N5O4/c44-34-18-8-6-15-29(34)36(45)39-21-11-17-33(42-22-9-2-10-23-42)35-40-31-20-19-27(24-32(31)41-35)38(47)30-16-7-5-14-28(30)37(46)43(38)25-26-12-3-1-4-13-26/h1,3-8,12-16,18-20,24,33,44,47H,2,9-11,17,21-23,25H2,(H,39,45)(H,40,41). The highest BCUT2D eigenvalue weighted by molar-refractivity contribution is 6.00. The molecule has 0 aliphatic carbocycles. The Labute approximate surface area is 273 Å². The molecule has 9 heteroatoms. The van der Waals surface area contributed by atoms with E-state index < -0.39 is 5.72 Å². The van der Waals surface area contributed by atoms with Crippen molar-refractivity contribution in [2.75, 3.05) is 19.6 Å². The number of aliphatic hydroxyl groups is 1. The van der Waals surface area contributed by atoms with E-state index in [0.717, 1.165) is 61.2 Å². The lowest BCUT2D eigenvalue weighted by Crippen LogP contribution is -2.44. The van der Waals surface area contributed by atoms with E-state index in [4.69, 9.17) is 4.98 Å². The van der Waals surface area contributed by atoms with E-state index in [1.54, 1.807) is 29.2 Å². The summed E-state index contributed by atoms with van der Waals surface area (Å²) in [7, 11) is 0. The van der Waals surface area contributed by atoms with E-state index in [9.17, 15) is 19.8 Å². The van der Waals surface area contributed by atoms with Gasteiger partial charge in [0, 0.05) is 29.8 Å². The first kappa shape index (κ1) is 30.7. The van der Waals surface area contributed by atoms with Crippen LogP contribution < -0.4 is 5.32 Å². The summed E-state index contributed by atoms with van der Waals surface area (Å²) in [6.07, 6.45) is 4.98. The third kappa shape index (κ3) is 5.88. The van der Waals surface area contributed by atoms with Gasteiger partial charge in [0.05, 0.1) is 22.6 Å². The monoisotopic (exact) mass is 629 g/mol. The summed E-state index contributed by atoms with van der Waals surface area (Å²) in [5.74, 6) is 0.315. The number of piperidine rings is 1. The molecule has 2 unspecified atom stereocenters. The molecule has 1 fully saturated rings. The van der Waals surface area contributed by atoms with E-state index in [2.05, 4.69) is 15.2 Å². The molecule has 240 valence electrons. The third-order valence-corrected chi connectivity index (χ3v) is 9.49. The van der Waals surface area contributed by atoms with Gasteiger partial charge in [-0.2, -0.15) is 0 Å². The predicted octanol–water partition coefficient (Wildman–Crippen LogP) is 5.86. The molecular weight excluding hydrogens is 590 g/mol. The fourth-order valence-corrected chi connectivity index (χ4v) is 7.06. The number of rotatable bonds is 10. The first-order chi connectivity index (χ1) is 22.9. The smallest absolute Gasteiger partial charge is 0.257 e. The number of imidazole rings is 1. The number of carbonyl (C=O) groups excluding carboxylic acids is 2. The Bertz CT molecular complexity index is 1900. The number of aromatic nitrogens is 2. The summed E-state index contributed by atoms with van der Waals surface area (Å²) >= 11 is 0. The zero-order valence-electron chi connectivity index (χ0n) is 26.2. The predicted molar refractivity (Wildman–Crippen MR) is 180 cm³/mol. The molecule has 1 saturated heterocycles. The fraction of sp³-hybridized carbons (Fsp3) is 0.289. The van der Waals surface area contributed by atoms with Crippen LogP contribution in [0.25, 0.3) is 11.0 Å². The fourth-order valence-electron chi connectivity index (χ4n) is 7.06. The normalized spacial score (nSPS) is 18.7. The number of benzene rings is 4. The van der Waals surface area contributed by atoms with Gasteiger partial charge in [-0.05, 0) is 74.7 Å². The van der Waals surface area contributed by atoms with E-state index in [0.29, 0.717) is 23.2 Å². The second-order valence-corrected chi connectivity index (χ2v) is 12.5. The molecule has 2 aliphatic rings. The summed E-state index contributed by atoms with van der Waals surface area (Å²) < 4.78 is 0. The minimum absolute atomic E-state index is 0.0274. The highest BCUT2D eigenvalue weighted by Gasteiger charge is 2.49. The van der Waals surface area contributed by atoms with Crippen LogP contribution in [-0.2, 0) is 12.3 Å². The zero-order chi connectivity index (χ0) is 32.4. The Morgan fingerprint density at radius 3 is 2.49 bits per heavy atom. The molecular formula is C38H39N5O4. The number of nitrogens with one attached hydrogen (secondary N) is 2. The average molecular weight is 630 g/mol. The van der Waals surface area contributed by atoms with Crippen LogP contribution in [0.15, 0.2) is 97.1 Å². The van der Waals surface area contributed by atoms with Crippen LogP contribution in [0.3, 0.4) is 0 Å². The number of amides is 2. The van der Waals surface area contributed by atoms with Crippen molar-refractivity contribution in [3.05, 3.63) is 131 Å². The van der Waals surface area contributed by atoms with Crippen molar-refractivity contribution in [1.29, 1.82) is 0 Å². The number of para-hydroxylation sites is 1. The summed E-state index contributed by atoms with van der Waals surface area (Å²) in [5, 5.41) is 25.5. The first-order valence-corrected chi connectivity index (χ1v) is 16.4. The molecule has 2 atom stereocenters. The van der Waals surface area contributed by atoms with Crippen LogP contribution in [0.1, 0.15) is 81.4 Å². The molecule has 2 amide bonds. The lowest BCUT2D eigenvalue weighted by molar-refractivity contribution is -0.0542. The van der Waals surface area contributed by atoms with Gasteiger partial charge in [0.1, 0.15) is 11.6 Å². The summed E-state index contributed by atoms with van der Waals surface area (Å²) in [6.45, 7) is 2.68. The van der Waals surface area contributed by atoms with E-state index in [-0.39, 0.29) is 35.7 Å². The number of nitrogens with zero attached hydrogens (tertiary/aromatic N) is 3. The number of hydrogen-bond acceptors (Lipinski definition) is 6. The van der Waals surface area contributed by atoms with Gasteiger partial charge in [-0.3, -0.25) is 19.4 Å². The van der Waals surface area contributed by atoms with E-state index in [1.807, 2.05) is 66.7 Å². The minimum Gasteiger partial charge on any atom is -0.507 e. The Morgan fingerprint density at radius 2 is 1.68 bits per heavy atom. The number of phenolic OH excluding ortho intramolecular Hbond substituents is 1. The highest BCUT2D eigenvalue weighted by Crippen LogP contribution is 2.44. The van der Waals surface area contributed by atoms with Gasteiger partial charge in [-0.15, -0.1) is 0 Å². The number of fused-ring (bicyclic) bond motifs is 2. The second kappa shape index (κ2) is 13.0. The number of hydrogen-bond donors (Lipinski definition) is 4. The van der Waals surface area contributed by atoms with Crippen molar-refractivity contribution in [2.24, 2.45) is 0 Å². The van der Waals surface area contributed by atoms with Crippen LogP contribution in [0, 0.1) is 0 Å². The highest BCUT2D eigenvalue weighted by atomic mass is 16.3. The molecule has 0 saturated carbocycles. The topological polar surface area (TPSA) is 122 Å². The molecule has 0 radical (unpaired) electrons. The van der Waals surface area contributed by atoms with Gasteiger partial charge in [0.25, 0.3) is 11.8 Å². The molecule has 4 N–H and O–H groups in total. The molecule has 3 heterocycles. The van der Waals surface area contributed by atoms with E-state index >= 15 is 0 Å². The maximum atomic E-state index is 13.7. The van der Waals surface area contributed by atoms with Crippen molar-refractivity contribution >= 4 is 22.8 Å². The maximum absolute atomic E-state index is 13.7. The molecule has 9 nitrogen and oxygen atoms in total. The first-order valence-electron chi connectivity index (χ1n) is 16.4.